The molecule has 0 atom stereocenters. The van der Waals surface area contributed by atoms with Gasteiger partial charge in [0.05, 0.1) is 0 Å². The summed E-state index contributed by atoms with van der Waals surface area (Å²) < 4.78 is 0. The normalized spacial score (nSPS) is 10.9. The predicted octanol–water partition coefficient (Wildman–Crippen LogP) is 3.95. The first-order chi connectivity index (χ1) is 11.8. The summed E-state index contributed by atoms with van der Waals surface area (Å²) in [5.41, 5.74) is 0. The van der Waals surface area contributed by atoms with Gasteiger partial charge >= 0.3 is 0 Å². The number of nitrogens with one attached hydrogen (secondary N) is 2. The van der Waals surface area contributed by atoms with Gasteiger partial charge in [0.25, 0.3) is 0 Å². The van der Waals surface area contributed by atoms with E-state index in [4.69, 9.17) is 0 Å². The van der Waals surface area contributed by atoms with Gasteiger partial charge in [0.2, 0.25) is 5.91 Å². The first-order valence-electron chi connectivity index (χ1n) is 9.76. The molecule has 0 aliphatic carbocycles. The number of carbonyl (C=O) groups is 1. The topological polar surface area (TPSA) is 83.6 Å². The summed E-state index contributed by atoms with van der Waals surface area (Å²) in [7, 11) is 1.71. The van der Waals surface area contributed by atoms with E-state index in [9.17, 15) is 4.79 Å². The van der Waals surface area contributed by atoms with E-state index in [1.165, 1.54) is 77.0 Å². The maximum Gasteiger partial charge on any atom is 0.219 e. The molecule has 1 heterocycles. The second kappa shape index (κ2) is 15.1. The van der Waals surface area contributed by atoms with E-state index in [0.29, 0.717) is 6.42 Å². The Hall–Kier alpha value is -1.46. The second-order valence-corrected chi connectivity index (χ2v) is 6.60. The number of aryl methyl sites for hydroxylation is 1. The molecule has 0 spiro atoms. The van der Waals surface area contributed by atoms with Crippen molar-refractivity contribution in [3.8, 4) is 0 Å². The number of amides is 1. The van der Waals surface area contributed by atoms with Crippen LogP contribution in [0.15, 0.2) is 0 Å². The highest BCUT2D eigenvalue weighted by molar-refractivity contribution is 5.75. The maximum absolute atomic E-state index is 11.1. The van der Waals surface area contributed by atoms with Crippen molar-refractivity contribution in [2.45, 2.75) is 96.3 Å². The molecule has 0 fully saturated rings. The Labute approximate surface area is 146 Å². The molecule has 1 aromatic heterocycles. The Morgan fingerprint density at radius 3 is 1.79 bits per heavy atom. The van der Waals surface area contributed by atoms with Crippen molar-refractivity contribution in [1.82, 2.24) is 25.9 Å². The zero-order valence-electron chi connectivity index (χ0n) is 15.4. The van der Waals surface area contributed by atoms with E-state index in [1.807, 2.05) is 0 Å². The van der Waals surface area contributed by atoms with Gasteiger partial charge in [-0.25, -0.2) is 0 Å². The molecule has 0 aromatic carbocycles. The monoisotopic (exact) mass is 337 g/mol. The van der Waals surface area contributed by atoms with Gasteiger partial charge in [-0.1, -0.05) is 75.8 Å². The molecular formula is C18H35N5O. The fraction of sp³-hybridized carbons (Fsp3) is 0.889. The number of rotatable bonds is 16. The molecule has 1 amide bonds. The average Bonchev–Trinajstić information content (AvgIpc) is 3.11. The number of unbranched alkanes of at least 4 members (excludes halogenated alkanes) is 12. The average molecular weight is 338 g/mol. The highest BCUT2D eigenvalue weighted by Gasteiger charge is 1.99. The number of aromatic nitrogens is 4. The van der Waals surface area contributed by atoms with Crippen LogP contribution in [0.2, 0.25) is 0 Å². The molecule has 0 unspecified atom stereocenters. The largest absolute Gasteiger partial charge is 0.359 e. The van der Waals surface area contributed by atoms with Gasteiger partial charge in [0, 0.05) is 19.9 Å². The fourth-order valence-electron chi connectivity index (χ4n) is 2.93. The number of hydrogen-bond donors (Lipinski definition) is 2. The van der Waals surface area contributed by atoms with Crippen LogP contribution in [0.1, 0.15) is 95.7 Å². The molecule has 2 N–H and O–H groups in total. The van der Waals surface area contributed by atoms with Crippen LogP contribution in [0, 0.1) is 0 Å². The lowest BCUT2D eigenvalue weighted by Crippen LogP contribution is -2.16. The Morgan fingerprint density at radius 1 is 0.833 bits per heavy atom. The van der Waals surface area contributed by atoms with Crippen molar-refractivity contribution in [3.63, 3.8) is 0 Å². The fourth-order valence-corrected chi connectivity index (χ4v) is 2.93. The van der Waals surface area contributed by atoms with E-state index in [2.05, 4.69) is 25.9 Å². The molecule has 6 heteroatoms. The van der Waals surface area contributed by atoms with Crippen LogP contribution < -0.4 is 5.32 Å². The lowest BCUT2D eigenvalue weighted by molar-refractivity contribution is -0.120. The third-order valence-corrected chi connectivity index (χ3v) is 4.47. The number of nitrogens with zero attached hydrogens (tertiary/aromatic N) is 3. The second-order valence-electron chi connectivity index (χ2n) is 6.60. The van der Waals surface area contributed by atoms with Crippen LogP contribution in [-0.4, -0.2) is 33.6 Å². The van der Waals surface area contributed by atoms with Crippen molar-refractivity contribution in [2.75, 3.05) is 7.05 Å². The molecule has 1 rings (SSSR count). The van der Waals surface area contributed by atoms with Crippen LogP contribution in [0.3, 0.4) is 0 Å². The third kappa shape index (κ3) is 12.0. The summed E-state index contributed by atoms with van der Waals surface area (Å²) >= 11 is 0. The third-order valence-electron chi connectivity index (χ3n) is 4.47. The van der Waals surface area contributed by atoms with Gasteiger partial charge in [-0.2, -0.15) is 5.21 Å². The summed E-state index contributed by atoms with van der Waals surface area (Å²) in [5.74, 6) is 1.01. The minimum absolute atomic E-state index is 0.171. The molecule has 138 valence electrons. The number of H-pyrrole nitrogens is 1. The summed E-state index contributed by atoms with van der Waals surface area (Å²) in [6.45, 7) is 0. The van der Waals surface area contributed by atoms with Crippen LogP contribution in [0.4, 0.5) is 0 Å². The van der Waals surface area contributed by atoms with Gasteiger partial charge in [0.15, 0.2) is 5.82 Å². The molecule has 0 radical (unpaired) electrons. The van der Waals surface area contributed by atoms with E-state index in [-0.39, 0.29) is 5.91 Å². The van der Waals surface area contributed by atoms with Crippen molar-refractivity contribution in [1.29, 1.82) is 0 Å². The molecule has 0 bridgehead atoms. The molecule has 0 saturated heterocycles. The zero-order chi connectivity index (χ0) is 17.3. The summed E-state index contributed by atoms with van der Waals surface area (Å²) in [4.78, 5) is 11.1. The number of aromatic amines is 1. The highest BCUT2D eigenvalue weighted by atomic mass is 16.1. The van der Waals surface area contributed by atoms with Crippen molar-refractivity contribution in [2.24, 2.45) is 0 Å². The van der Waals surface area contributed by atoms with Crippen LogP contribution in [0.5, 0.6) is 0 Å². The molecule has 0 aliphatic heterocycles. The molecule has 1 aromatic rings. The predicted molar refractivity (Wildman–Crippen MR) is 96.6 cm³/mol. The lowest BCUT2D eigenvalue weighted by atomic mass is 10.0. The maximum atomic E-state index is 11.1. The van der Waals surface area contributed by atoms with Crippen LogP contribution in [-0.2, 0) is 11.2 Å². The van der Waals surface area contributed by atoms with Crippen molar-refractivity contribution < 1.29 is 4.79 Å². The van der Waals surface area contributed by atoms with Gasteiger partial charge in [-0.15, -0.1) is 10.2 Å². The molecule has 24 heavy (non-hydrogen) atoms. The molecule has 6 nitrogen and oxygen atoms in total. The Kier molecular flexibility index (Phi) is 12.9. The number of carbonyl (C=O) groups excluding carboxylic acids is 1. The quantitative estimate of drug-likeness (QED) is 0.447. The minimum Gasteiger partial charge on any atom is -0.359 e. The molecule has 0 saturated carbocycles. The first-order valence-corrected chi connectivity index (χ1v) is 9.76. The molecular weight excluding hydrogens is 302 g/mol. The Morgan fingerprint density at radius 2 is 1.33 bits per heavy atom. The van der Waals surface area contributed by atoms with Crippen molar-refractivity contribution >= 4 is 5.91 Å². The van der Waals surface area contributed by atoms with Crippen LogP contribution in [0.25, 0.3) is 0 Å². The summed E-state index contributed by atoms with van der Waals surface area (Å²) in [6.07, 6.45) is 18.4. The Bertz CT molecular complexity index is 394. The van der Waals surface area contributed by atoms with Gasteiger partial charge in [-0.05, 0) is 12.8 Å². The van der Waals surface area contributed by atoms with E-state index < -0.39 is 0 Å². The zero-order valence-corrected chi connectivity index (χ0v) is 15.4. The van der Waals surface area contributed by atoms with E-state index in [0.717, 1.165) is 18.7 Å². The summed E-state index contributed by atoms with van der Waals surface area (Å²) in [6, 6.07) is 0. The number of hydrogen-bond acceptors (Lipinski definition) is 4. The van der Waals surface area contributed by atoms with E-state index in [1.54, 1.807) is 7.05 Å². The summed E-state index contributed by atoms with van der Waals surface area (Å²) in [5, 5.41) is 16.6. The lowest BCUT2D eigenvalue weighted by Gasteiger charge is -2.03. The standard InChI is InChI=1S/C18H35N5O/c1-19-18(24)16-14-12-10-8-6-4-2-3-5-7-9-11-13-15-17-20-22-23-21-17/h2-16H2,1H3,(H,19,24)(H,20,21,22,23). The smallest absolute Gasteiger partial charge is 0.219 e. The van der Waals surface area contributed by atoms with Gasteiger partial charge in [-0.3, -0.25) is 4.79 Å². The van der Waals surface area contributed by atoms with Crippen molar-refractivity contribution in [3.05, 3.63) is 5.82 Å². The minimum atomic E-state index is 0.171. The number of tetrazole rings is 1. The van der Waals surface area contributed by atoms with E-state index >= 15 is 0 Å². The van der Waals surface area contributed by atoms with Gasteiger partial charge < -0.3 is 5.32 Å². The first kappa shape index (κ1) is 20.6. The van der Waals surface area contributed by atoms with Crippen LogP contribution >= 0.6 is 0 Å². The van der Waals surface area contributed by atoms with Gasteiger partial charge in [0.1, 0.15) is 0 Å². The SMILES string of the molecule is CNC(=O)CCCCCCCCCCCCCCCc1nn[nH]n1. The highest BCUT2D eigenvalue weighted by Crippen LogP contribution is 2.13. The Balaban J connectivity index is 1.69. The molecule has 0 aliphatic rings.